The van der Waals surface area contributed by atoms with Gasteiger partial charge in [0.15, 0.2) is 0 Å². The van der Waals surface area contributed by atoms with Gasteiger partial charge < -0.3 is 0 Å². The summed E-state index contributed by atoms with van der Waals surface area (Å²) in [6, 6.07) is 8.44. The van der Waals surface area contributed by atoms with Crippen molar-refractivity contribution in [3.63, 3.8) is 0 Å². The van der Waals surface area contributed by atoms with Gasteiger partial charge in [-0.2, -0.15) is 0 Å². The summed E-state index contributed by atoms with van der Waals surface area (Å²) < 4.78 is 4.75. The van der Waals surface area contributed by atoms with E-state index in [1.165, 1.54) is 9.65 Å². The van der Waals surface area contributed by atoms with Crippen molar-refractivity contribution in [1.82, 2.24) is 3.56 Å². The molecule has 1 aromatic carbocycles. The summed E-state index contributed by atoms with van der Waals surface area (Å²) in [7, 11) is 0. The molecule has 0 bridgehead atoms. The van der Waals surface area contributed by atoms with Gasteiger partial charge in [0.1, 0.15) is 0 Å². The van der Waals surface area contributed by atoms with Gasteiger partial charge in [0.05, 0.1) is 0 Å². The van der Waals surface area contributed by atoms with Gasteiger partial charge in [-0.1, -0.05) is 0 Å². The normalized spacial score (nSPS) is 10.8. The van der Waals surface area contributed by atoms with Crippen LogP contribution in [0.1, 0.15) is 6.92 Å². The van der Waals surface area contributed by atoms with Crippen LogP contribution in [0.4, 0.5) is 0 Å². The number of aromatic nitrogens is 1. The van der Waals surface area contributed by atoms with Gasteiger partial charge in [-0.15, -0.1) is 0 Å². The molecule has 0 aliphatic rings. The van der Waals surface area contributed by atoms with Crippen LogP contribution in [-0.2, 0) is 6.54 Å². The molecule has 0 saturated heterocycles. The second-order valence-electron chi connectivity index (χ2n) is 2.59. The fourth-order valence-electron chi connectivity index (χ4n) is 1.23. The first kappa shape index (κ1) is 8.24. The zero-order chi connectivity index (χ0) is 8.55. The van der Waals surface area contributed by atoms with Crippen LogP contribution < -0.4 is 0 Å². The summed E-state index contributed by atoms with van der Waals surface area (Å²) in [4.78, 5) is 0. The minimum atomic E-state index is 0.433. The predicted octanol–water partition coefficient (Wildman–Crippen LogP) is 2.45. The maximum absolute atomic E-state index is 5.34. The third-order valence-corrected chi connectivity index (χ3v) is 5.09. The summed E-state index contributed by atoms with van der Waals surface area (Å²) in [6.45, 7) is 3.19. The van der Waals surface area contributed by atoms with Crippen molar-refractivity contribution in [2.75, 3.05) is 0 Å². The Hall–Kier alpha value is -0.371. The summed E-state index contributed by atoms with van der Waals surface area (Å²) in [5.74, 6) is 0. The molecule has 0 amide bonds. The number of hydrogen-bond donors (Lipinski definition) is 0. The van der Waals surface area contributed by atoms with Crippen LogP contribution in [-0.4, -0.2) is 18.3 Å². The molecule has 1 aromatic heterocycles. The predicted molar refractivity (Wildman–Crippen MR) is 55.4 cm³/mol. The molecule has 1 nitrogen and oxygen atoms in total. The van der Waals surface area contributed by atoms with Crippen LogP contribution in [0.2, 0.25) is 0 Å². The first-order valence-electron chi connectivity index (χ1n) is 3.92. The second kappa shape index (κ2) is 3.17. The Balaban J connectivity index is 2.88. The Morgan fingerprint density at radius 3 is 2.83 bits per heavy atom. The van der Waals surface area contributed by atoms with Crippen molar-refractivity contribution in [2.45, 2.75) is 13.5 Å². The molecule has 0 radical (unpaired) electrons. The van der Waals surface area contributed by atoms with E-state index >= 15 is 0 Å². The molecule has 0 saturated carbocycles. The van der Waals surface area contributed by atoms with Crippen molar-refractivity contribution in [3.8, 4) is 0 Å². The Labute approximate surface area is 82.6 Å². The molecule has 1 heterocycles. The van der Waals surface area contributed by atoms with Crippen LogP contribution in [0.25, 0.3) is 9.65 Å². The molecule has 0 N–H and O–H groups in total. The van der Waals surface area contributed by atoms with Crippen molar-refractivity contribution >= 4 is 36.6 Å². The van der Waals surface area contributed by atoms with E-state index in [0.717, 1.165) is 11.2 Å². The monoisotopic (exact) mass is 243 g/mol. The van der Waals surface area contributed by atoms with Crippen molar-refractivity contribution < 1.29 is 0 Å². The van der Waals surface area contributed by atoms with Gasteiger partial charge in [-0.05, 0) is 0 Å². The second-order valence-corrected chi connectivity index (χ2v) is 5.20. The quantitative estimate of drug-likeness (QED) is 0.549. The third kappa shape index (κ3) is 1.18. The van der Waals surface area contributed by atoms with Gasteiger partial charge in [0, 0.05) is 0 Å². The number of fused-ring (bicyclic) bond motifs is 1. The fraction of sp³-hybridized carbons (Fsp3) is 0.222. The van der Waals surface area contributed by atoms with Gasteiger partial charge in [-0.3, -0.25) is 0 Å². The van der Waals surface area contributed by atoms with Crippen LogP contribution in [0.3, 0.4) is 0 Å². The van der Waals surface area contributed by atoms with E-state index in [1.54, 1.807) is 0 Å². The number of hydrogen-bond acceptors (Lipinski definition) is 1. The first-order chi connectivity index (χ1) is 5.83. The van der Waals surface area contributed by atoms with E-state index in [0.29, 0.717) is 14.7 Å². The molecule has 0 aliphatic heterocycles. The molecule has 12 heavy (non-hydrogen) atoms. The van der Waals surface area contributed by atoms with Crippen molar-refractivity contribution in [2.24, 2.45) is 0 Å². The Morgan fingerprint density at radius 1 is 1.42 bits per heavy atom. The molecule has 2 rings (SSSR count). The Bertz CT molecular complexity index is 455. The Morgan fingerprint density at radius 2 is 2.17 bits per heavy atom. The van der Waals surface area contributed by atoms with Crippen LogP contribution >= 0.6 is 12.2 Å². The minimum absolute atomic E-state index is 0.433. The number of nitrogens with zero attached hydrogens (tertiary/aromatic N) is 1. The maximum atomic E-state index is 5.34. The summed E-state index contributed by atoms with van der Waals surface area (Å²) in [5.41, 5.74) is 0. The molecule has 0 spiro atoms. The molecule has 0 unspecified atom stereocenters. The van der Waals surface area contributed by atoms with Crippen LogP contribution in [0, 0.1) is 4.64 Å². The molecule has 0 fully saturated rings. The molecule has 0 aliphatic carbocycles. The zero-order valence-corrected chi connectivity index (χ0v) is 9.31. The van der Waals surface area contributed by atoms with Gasteiger partial charge in [0.25, 0.3) is 0 Å². The van der Waals surface area contributed by atoms with E-state index in [4.69, 9.17) is 12.2 Å². The van der Waals surface area contributed by atoms with Gasteiger partial charge >= 0.3 is 82.5 Å². The van der Waals surface area contributed by atoms with E-state index in [1.807, 2.05) is 0 Å². The average molecular weight is 242 g/mol. The summed E-state index contributed by atoms with van der Waals surface area (Å²) >= 11 is 5.77. The summed E-state index contributed by atoms with van der Waals surface area (Å²) in [6.07, 6.45) is 0. The summed E-state index contributed by atoms with van der Waals surface area (Å²) in [5, 5.41) is 1.27. The molecule has 2 aromatic rings. The SMILES string of the molecule is CCn1[se]c2ccccc2c1=S. The van der Waals surface area contributed by atoms with Gasteiger partial charge in [-0.25, -0.2) is 0 Å². The van der Waals surface area contributed by atoms with E-state index in [2.05, 4.69) is 34.8 Å². The van der Waals surface area contributed by atoms with Crippen molar-refractivity contribution in [3.05, 3.63) is 28.9 Å². The third-order valence-electron chi connectivity index (χ3n) is 1.84. The van der Waals surface area contributed by atoms with Crippen molar-refractivity contribution in [1.29, 1.82) is 0 Å². The average Bonchev–Trinajstić information content (AvgIpc) is 2.44. The number of benzene rings is 1. The topological polar surface area (TPSA) is 4.93 Å². The van der Waals surface area contributed by atoms with Gasteiger partial charge in [0.2, 0.25) is 0 Å². The van der Waals surface area contributed by atoms with Crippen LogP contribution in [0.15, 0.2) is 24.3 Å². The van der Waals surface area contributed by atoms with Crippen LogP contribution in [0.5, 0.6) is 0 Å². The molecule has 62 valence electrons. The molecule has 3 heteroatoms. The zero-order valence-electron chi connectivity index (χ0n) is 6.78. The molecule has 0 atom stereocenters. The number of aryl methyl sites for hydroxylation is 1. The first-order valence-corrected chi connectivity index (χ1v) is 5.95. The number of rotatable bonds is 1. The molecular formula is C9H9NSSe. The fourth-order valence-corrected chi connectivity index (χ4v) is 3.87. The molecular weight excluding hydrogens is 233 g/mol. The van der Waals surface area contributed by atoms with E-state index in [-0.39, 0.29) is 0 Å². The Kier molecular flexibility index (Phi) is 2.18. The van der Waals surface area contributed by atoms with E-state index in [9.17, 15) is 0 Å². The van der Waals surface area contributed by atoms with E-state index < -0.39 is 0 Å². The standard InChI is InChI=1S/C9H9NSSe/c1-2-10-9(11)7-5-3-4-6-8(7)12-10/h3-6H,2H2,1H3.